The standard InChI is InChI=1S/C9H15F3N2O/c1-4-6(9(10,11)12)14-8(2,3)5-7(15)13-14/h6H,4-5H2,1-3H3,(H,13,15). The zero-order valence-corrected chi connectivity index (χ0v) is 8.98. The fraction of sp³-hybridized carbons (Fsp3) is 0.889. The van der Waals surface area contributed by atoms with E-state index in [1.807, 2.05) is 0 Å². The van der Waals surface area contributed by atoms with E-state index in [2.05, 4.69) is 5.43 Å². The van der Waals surface area contributed by atoms with Crippen LogP contribution < -0.4 is 5.43 Å². The van der Waals surface area contributed by atoms with Crippen molar-refractivity contribution in [2.75, 3.05) is 0 Å². The molecule has 1 atom stereocenters. The predicted molar refractivity (Wildman–Crippen MR) is 48.8 cm³/mol. The van der Waals surface area contributed by atoms with Crippen molar-refractivity contribution in [2.24, 2.45) is 0 Å². The number of amides is 1. The van der Waals surface area contributed by atoms with Crippen molar-refractivity contribution in [3.05, 3.63) is 0 Å². The third-order valence-electron chi connectivity index (χ3n) is 2.57. The van der Waals surface area contributed by atoms with Crippen LogP contribution in [-0.4, -0.2) is 28.7 Å². The van der Waals surface area contributed by atoms with Crippen molar-refractivity contribution in [3.8, 4) is 0 Å². The molecule has 1 fully saturated rings. The molecule has 0 spiro atoms. The number of alkyl halides is 3. The number of carbonyl (C=O) groups is 1. The Morgan fingerprint density at radius 2 is 2.07 bits per heavy atom. The largest absolute Gasteiger partial charge is 0.405 e. The summed E-state index contributed by atoms with van der Waals surface area (Å²) >= 11 is 0. The van der Waals surface area contributed by atoms with Gasteiger partial charge in [-0.25, -0.2) is 5.01 Å². The molecule has 88 valence electrons. The summed E-state index contributed by atoms with van der Waals surface area (Å²) in [6, 6.07) is -1.61. The molecule has 1 aliphatic rings. The van der Waals surface area contributed by atoms with Crippen LogP contribution in [0.25, 0.3) is 0 Å². The monoisotopic (exact) mass is 224 g/mol. The number of carbonyl (C=O) groups excluding carboxylic acids is 1. The Balaban J connectivity index is 2.91. The van der Waals surface area contributed by atoms with Crippen LogP contribution in [0.5, 0.6) is 0 Å². The molecule has 0 radical (unpaired) electrons. The molecule has 1 aliphatic heterocycles. The second-order valence-corrected chi connectivity index (χ2v) is 4.36. The van der Waals surface area contributed by atoms with Gasteiger partial charge in [0.05, 0.1) is 0 Å². The summed E-state index contributed by atoms with van der Waals surface area (Å²) in [7, 11) is 0. The Hall–Kier alpha value is -0.780. The van der Waals surface area contributed by atoms with E-state index in [1.54, 1.807) is 13.8 Å². The van der Waals surface area contributed by atoms with Crippen LogP contribution in [0.1, 0.15) is 33.6 Å². The van der Waals surface area contributed by atoms with Crippen LogP contribution in [0.2, 0.25) is 0 Å². The first-order valence-corrected chi connectivity index (χ1v) is 4.84. The number of hydrogen-bond donors (Lipinski definition) is 1. The van der Waals surface area contributed by atoms with Gasteiger partial charge >= 0.3 is 6.18 Å². The highest BCUT2D eigenvalue weighted by atomic mass is 19.4. The molecule has 6 heteroatoms. The van der Waals surface area contributed by atoms with Crippen LogP contribution in [0.3, 0.4) is 0 Å². The summed E-state index contributed by atoms with van der Waals surface area (Å²) < 4.78 is 37.9. The van der Waals surface area contributed by atoms with E-state index in [9.17, 15) is 18.0 Å². The second-order valence-electron chi connectivity index (χ2n) is 4.36. The lowest BCUT2D eigenvalue weighted by Gasteiger charge is -2.37. The molecule has 1 amide bonds. The molecule has 15 heavy (non-hydrogen) atoms. The normalized spacial score (nSPS) is 24.0. The lowest BCUT2D eigenvalue weighted by molar-refractivity contribution is -0.201. The minimum atomic E-state index is -4.32. The molecule has 1 saturated heterocycles. The first-order chi connectivity index (χ1) is 6.68. The minimum absolute atomic E-state index is 0.0762. The number of nitrogens with one attached hydrogen (secondary N) is 1. The zero-order valence-electron chi connectivity index (χ0n) is 8.98. The van der Waals surface area contributed by atoms with Crippen molar-refractivity contribution in [2.45, 2.75) is 51.4 Å². The van der Waals surface area contributed by atoms with Crippen LogP contribution in [0, 0.1) is 0 Å². The van der Waals surface area contributed by atoms with E-state index >= 15 is 0 Å². The quantitative estimate of drug-likeness (QED) is 0.776. The molecule has 0 aromatic carbocycles. The summed E-state index contributed by atoms with van der Waals surface area (Å²) in [6.07, 6.45) is -4.30. The number of halogens is 3. The van der Waals surface area contributed by atoms with Crippen molar-refractivity contribution >= 4 is 5.91 Å². The summed E-state index contributed by atoms with van der Waals surface area (Å²) in [6.45, 7) is 4.71. The van der Waals surface area contributed by atoms with Crippen LogP contribution in [0.15, 0.2) is 0 Å². The molecule has 0 aliphatic carbocycles. The average molecular weight is 224 g/mol. The van der Waals surface area contributed by atoms with E-state index in [4.69, 9.17) is 0 Å². The van der Waals surface area contributed by atoms with Gasteiger partial charge < -0.3 is 0 Å². The van der Waals surface area contributed by atoms with Gasteiger partial charge in [-0.05, 0) is 20.3 Å². The highest BCUT2D eigenvalue weighted by molar-refractivity contribution is 5.78. The molecule has 1 rings (SSSR count). The van der Waals surface area contributed by atoms with Crippen molar-refractivity contribution in [1.29, 1.82) is 0 Å². The number of nitrogens with zero attached hydrogens (tertiary/aromatic N) is 1. The Morgan fingerprint density at radius 1 is 1.53 bits per heavy atom. The summed E-state index contributed by atoms with van der Waals surface area (Å²) in [5.41, 5.74) is 1.49. The van der Waals surface area contributed by atoms with Crippen molar-refractivity contribution in [1.82, 2.24) is 10.4 Å². The van der Waals surface area contributed by atoms with Crippen molar-refractivity contribution < 1.29 is 18.0 Å². The van der Waals surface area contributed by atoms with E-state index in [1.165, 1.54) is 6.92 Å². The maximum Gasteiger partial charge on any atom is 0.405 e. The molecule has 0 bridgehead atoms. The van der Waals surface area contributed by atoms with Crippen LogP contribution in [-0.2, 0) is 4.79 Å². The first-order valence-electron chi connectivity index (χ1n) is 4.84. The Labute approximate surface area is 86.6 Å². The fourth-order valence-electron chi connectivity index (χ4n) is 1.86. The minimum Gasteiger partial charge on any atom is -0.288 e. The van der Waals surface area contributed by atoms with E-state index in [0.29, 0.717) is 0 Å². The maximum absolute atomic E-state index is 12.6. The van der Waals surface area contributed by atoms with E-state index in [-0.39, 0.29) is 18.7 Å². The smallest absolute Gasteiger partial charge is 0.288 e. The first kappa shape index (κ1) is 12.3. The molecule has 3 nitrogen and oxygen atoms in total. The maximum atomic E-state index is 12.6. The predicted octanol–water partition coefficient (Wildman–Crippen LogP) is 1.84. The lowest BCUT2D eigenvalue weighted by Crippen LogP contribution is -2.56. The molecular formula is C9H15F3N2O. The molecule has 1 unspecified atom stereocenters. The SMILES string of the molecule is CCC(N1NC(=O)CC1(C)C)C(F)(F)F. The van der Waals surface area contributed by atoms with Gasteiger partial charge in [0.2, 0.25) is 5.91 Å². The molecule has 1 N–H and O–H groups in total. The molecule has 0 aromatic rings. The van der Waals surface area contributed by atoms with Gasteiger partial charge in [-0.3, -0.25) is 10.2 Å². The molecule has 0 saturated carbocycles. The highest BCUT2D eigenvalue weighted by Gasteiger charge is 2.51. The van der Waals surface area contributed by atoms with Gasteiger partial charge in [-0.2, -0.15) is 13.2 Å². The van der Waals surface area contributed by atoms with Crippen molar-refractivity contribution in [3.63, 3.8) is 0 Å². The fourth-order valence-corrected chi connectivity index (χ4v) is 1.86. The molecule has 1 heterocycles. The van der Waals surface area contributed by atoms with Crippen LogP contribution >= 0.6 is 0 Å². The van der Waals surface area contributed by atoms with Gasteiger partial charge in [0.1, 0.15) is 6.04 Å². The number of hydrazine groups is 1. The zero-order chi connectivity index (χ0) is 11.9. The van der Waals surface area contributed by atoms with Gasteiger partial charge in [0.25, 0.3) is 0 Å². The molecular weight excluding hydrogens is 209 g/mol. The summed E-state index contributed by atoms with van der Waals surface area (Å²) in [5, 5.41) is 1.02. The highest BCUT2D eigenvalue weighted by Crippen LogP contribution is 2.34. The summed E-state index contributed by atoms with van der Waals surface area (Å²) in [5.74, 6) is -0.359. The third kappa shape index (κ3) is 2.42. The van der Waals surface area contributed by atoms with E-state index < -0.39 is 17.8 Å². The third-order valence-corrected chi connectivity index (χ3v) is 2.57. The lowest BCUT2D eigenvalue weighted by atomic mass is 9.99. The molecule has 0 aromatic heterocycles. The number of hydrogen-bond acceptors (Lipinski definition) is 2. The summed E-state index contributed by atoms with van der Waals surface area (Å²) in [4.78, 5) is 11.1. The van der Waals surface area contributed by atoms with Crippen LogP contribution in [0.4, 0.5) is 13.2 Å². The second kappa shape index (κ2) is 3.66. The van der Waals surface area contributed by atoms with Gasteiger partial charge in [0, 0.05) is 12.0 Å². The van der Waals surface area contributed by atoms with Gasteiger partial charge in [0.15, 0.2) is 0 Å². The van der Waals surface area contributed by atoms with E-state index in [0.717, 1.165) is 5.01 Å². The van der Waals surface area contributed by atoms with Gasteiger partial charge in [-0.1, -0.05) is 6.92 Å². The number of rotatable bonds is 2. The average Bonchev–Trinajstić information content (AvgIpc) is 2.23. The van der Waals surface area contributed by atoms with Gasteiger partial charge in [-0.15, -0.1) is 0 Å². The Bertz CT molecular complexity index is 263. The Morgan fingerprint density at radius 3 is 2.33 bits per heavy atom. The Kier molecular flexibility index (Phi) is 3.00. The topological polar surface area (TPSA) is 32.3 Å².